The summed E-state index contributed by atoms with van der Waals surface area (Å²) in [5.41, 5.74) is -0.940. The lowest BCUT2D eigenvalue weighted by molar-refractivity contribution is -0.137. The number of nitrogens with one attached hydrogen (secondary N) is 2. The largest absolute Gasteiger partial charge is 0.416 e. The van der Waals surface area contributed by atoms with Gasteiger partial charge in [0.25, 0.3) is 0 Å². The minimum Gasteiger partial charge on any atom is -0.363 e. The lowest BCUT2D eigenvalue weighted by Gasteiger charge is -2.21. The van der Waals surface area contributed by atoms with E-state index in [9.17, 15) is 22.8 Å². The predicted molar refractivity (Wildman–Crippen MR) is 87.4 cm³/mol. The summed E-state index contributed by atoms with van der Waals surface area (Å²) in [4.78, 5) is 25.3. The van der Waals surface area contributed by atoms with Gasteiger partial charge in [0.15, 0.2) is 5.82 Å². The number of carbonyl (C=O) groups excluding carboxylic acids is 2. The molecule has 26 heavy (non-hydrogen) atoms. The Hall–Kier alpha value is -3.30. The van der Waals surface area contributed by atoms with Gasteiger partial charge in [0.2, 0.25) is 5.91 Å². The molecule has 2 aromatic rings. The molecule has 7 nitrogen and oxygen atoms in total. The third kappa shape index (κ3) is 5.36. The molecular formula is C16H15F3N4O3. The average molecular weight is 368 g/mol. The highest BCUT2D eigenvalue weighted by molar-refractivity contribution is 5.96. The average Bonchev–Trinajstić information content (AvgIpc) is 3.06. The van der Waals surface area contributed by atoms with E-state index in [1.807, 2.05) is 0 Å². The molecule has 0 radical (unpaired) electrons. The fraction of sp³-hybridized carbons (Fsp3) is 0.188. The van der Waals surface area contributed by atoms with E-state index in [-0.39, 0.29) is 24.6 Å². The van der Waals surface area contributed by atoms with E-state index in [0.717, 1.165) is 17.0 Å². The Kier molecular flexibility index (Phi) is 5.99. The molecule has 1 aromatic heterocycles. The van der Waals surface area contributed by atoms with Crippen molar-refractivity contribution in [2.24, 2.45) is 0 Å². The molecule has 2 N–H and O–H groups in total. The summed E-state index contributed by atoms with van der Waals surface area (Å²) >= 11 is 0. The monoisotopic (exact) mass is 368 g/mol. The van der Waals surface area contributed by atoms with Crippen molar-refractivity contribution >= 4 is 23.4 Å². The summed E-state index contributed by atoms with van der Waals surface area (Å²) in [7, 11) is 0. The molecule has 1 heterocycles. The summed E-state index contributed by atoms with van der Waals surface area (Å²) in [5.74, 6) is -0.383. The number of rotatable bonds is 6. The number of anilines is 2. The highest BCUT2D eigenvalue weighted by Gasteiger charge is 2.30. The van der Waals surface area contributed by atoms with Gasteiger partial charge in [-0.15, -0.1) is 6.58 Å². The second-order valence-corrected chi connectivity index (χ2v) is 5.11. The van der Waals surface area contributed by atoms with Crippen molar-refractivity contribution in [1.29, 1.82) is 0 Å². The fourth-order valence-corrected chi connectivity index (χ4v) is 1.98. The molecule has 0 bridgehead atoms. The smallest absolute Gasteiger partial charge is 0.363 e. The van der Waals surface area contributed by atoms with Crippen molar-refractivity contribution in [3.8, 4) is 0 Å². The van der Waals surface area contributed by atoms with Gasteiger partial charge < -0.3 is 20.1 Å². The standard InChI is InChI=1S/C16H15F3N4O3/c1-2-7-23(10-14(24)21-13-6-8-26-22-13)15(25)20-12-5-3-4-11(9-12)16(17,18)19/h2-6,8-9H,1,7,10H2,(H,20,25)(H,21,22,24). The van der Waals surface area contributed by atoms with E-state index in [2.05, 4.69) is 26.9 Å². The van der Waals surface area contributed by atoms with E-state index in [1.54, 1.807) is 0 Å². The van der Waals surface area contributed by atoms with Crippen LogP contribution >= 0.6 is 0 Å². The van der Waals surface area contributed by atoms with Crippen LogP contribution < -0.4 is 10.6 Å². The molecule has 0 saturated carbocycles. The first-order valence-corrected chi connectivity index (χ1v) is 7.34. The Morgan fingerprint density at radius 1 is 1.27 bits per heavy atom. The third-order valence-electron chi connectivity index (χ3n) is 3.12. The Labute approximate surface area is 146 Å². The van der Waals surface area contributed by atoms with Gasteiger partial charge in [0.05, 0.1) is 5.56 Å². The molecule has 0 saturated heterocycles. The lowest BCUT2D eigenvalue weighted by Crippen LogP contribution is -2.40. The van der Waals surface area contributed by atoms with Crippen LogP contribution in [0.3, 0.4) is 0 Å². The van der Waals surface area contributed by atoms with Crippen LogP contribution in [0, 0.1) is 0 Å². The highest BCUT2D eigenvalue weighted by atomic mass is 19.4. The number of aromatic nitrogens is 1. The number of benzene rings is 1. The van der Waals surface area contributed by atoms with Crippen molar-refractivity contribution < 1.29 is 27.3 Å². The van der Waals surface area contributed by atoms with Crippen LogP contribution in [0.2, 0.25) is 0 Å². The Balaban J connectivity index is 2.03. The van der Waals surface area contributed by atoms with E-state index >= 15 is 0 Å². The summed E-state index contributed by atoms with van der Waals surface area (Å²) < 4.78 is 42.8. The minimum atomic E-state index is -4.53. The number of hydrogen-bond acceptors (Lipinski definition) is 4. The molecule has 1 aromatic carbocycles. The first-order valence-electron chi connectivity index (χ1n) is 7.34. The number of nitrogens with zero attached hydrogens (tertiary/aromatic N) is 2. The second kappa shape index (κ2) is 8.19. The van der Waals surface area contributed by atoms with Gasteiger partial charge >= 0.3 is 12.2 Å². The Morgan fingerprint density at radius 2 is 2.04 bits per heavy atom. The summed E-state index contributed by atoms with van der Waals surface area (Å²) in [6.45, 7) is 3.14. The van der Waals surface area contributed by atoms with Crippen LogP contribution in [-0.4, -0.2) is 35.1 Å². The van der Waals surface area contributed by atoms with Gasteiger partial charge in [-0.25, -0.2) is 4.79 Å². The van der Waals surface area contributed by atoms with Crippen molar-refractivity contribution in [3.05, 3.63) is 54.8 Å². The van der Waals surface area contributed by atoms with Crippen LogP contribution in [0.4, 0.5) is 29.5 Å². The molecule has 3 amide bonds. The predicted octanol–water partition coefficient (Wildman–Crippen LogP) is 3.35. The number of halogens is 3. The van der Waals surface area contributed by atoms with Gasteiger partial charge in [-0.05, 0) is 18.2 Å². The maximum absolute atomic E-state index is 12.7. The number of urea groups is 1. The van der Waals surface area contributed by atoms with Crippen molar-refractivity contribution in [3.63, 3.8) is 0 Å². The molecule has 0 unspecified atom stereocenters. The van der Waals surface area contributed by atoms with E-state index in [4.69, 9.17) is 0 Å². The van der Waals surface area contributed by atoms with Crippen LogP contribution in [0.5, 0.6) is 0 Å². The van der Waals surface area contributed by atoms with Crippen LogP contribution in [0.25, 0.3) is 0 Å². The van der Waals surface area contributed by atoms with Gasteiger partial charge in [-0.2, -0.15) is 13.2 Å². The van der Waals surface area contributed by atoms with Crippen molar-refractivity contribution in [1.82, 2.24) is 10.1 Å². The zero-order valence-electron chi connectivity index (χ0n) is 13.4. The quantitative estimate of drug-likeness (QED) is 0.766. The topological polar surface area (TPSA) is 87.5 Å². The van der Waals surface area contributed by atoms with Crippen molar-refractivity contribution in [2.45, 2.75) is 6.18 Å². The Bertz CT molecular complexity index is 775. The number of amides is 3. The molecular weight excluding hydrogens is 353 g/mol. The lowest BCUT2D eigenvalue weighted by atomic mass is 10.2. The van der Waals surface area contributed by atoms with Gasteiger partial charge in [-0.3, -0.25) is 4.79 Å². The van der Waals surface area contributed by atoms with Crippen LogP contribution in [0.1, 0.15) is 5.56 Å². The number of alkyl halides is 3. The van der Waals surface area contributed by atoms with Crippen LogP contribution in [-0.2, 0) is 11.0 Å². The van der Waals surface area contributed by atoms with Gasteiger partial charge in [0, 0.05) is 18.3 Å². The number of carbonyl (C=O) groups is 2. The molecule has 0 fully saturated rings. The summed E-state index contributed by atoms with van der Waals surface area (Å²) in [5, 5.41) is 8.24. The minimum absolute atomic E-state index is 0.0109. The molecule has 0 atom stereocenters. The SMILES string of the molecule is C=CCN(CC(=O)Nc1ccon1)C(=O)Nc1cccc(C(F)(F)F)c1. The first-order chi connectivity index (χ1) is 12.3. The molecule has 0 aliphatic rings. The van der Waals surface area contributed by atoms with E-state index in [1.165, 1.54) is 30.5 Å². The maximum atomic E-state index is 12.7. The number of hydrogen-bond donors (Lipinski definition) is 2. The van der Waals surface area contributed by atoms with Crippen LogP contribution in [0.15, 0.2) is 53.8 Å². The molecule has 0 aliphatic carbocycles. The van der Waals surface area contributed by atoms with Gasteiger partial charge in [0.1, 0.15) is 12.8 Å². The molecule has 138 valence electrons. The Morgan fingerprint density at radius 3 is 2.65 bits per heavy atom. The molecule has 10 heteroatoms. The zero-order valence-corrected chi connectivity index (χ0v) is 13.4. The van der Waals surface area contributed by atoms with Crippen molar-refractivity contribution in [2.75, 3.05) is 23.7 Å². The summed E-state index contributed by atoms with van der Waals surface area (Å²) in [6, 6.07) is 4.85. The molecule has 2 rings (SSSR count). The summed E-state index contributed by atoms with van der Waals surface area (Å²) in [6.07, 6.45) is -1.88. The van der Waals surface area contributed by atoms with E-state index < -0.39 is 23.7 Å². The zero-order chi connectivity index (χ0) is 19.2. The molecule has 0 spiro atoms. The third-order valence-corrected chi connectivity index (χ3v) is 3.12. The first kappa shape index (κ1) is 19.0. The normalized spacial score (nSPS) is 10.9. The maximum Gasteiger partial charge on any atom is 0.416 e. The van der Waals surface area contributed by atoms with E-state index in [0.29, 0.717) is 0 Å². The highest BCUT2D eigenvalue weighted by Crippen LogP contribution is 2.30. The molecule has 0 aliphatic heterocycles. The fourth-order valence-electron chi connectivity index (χ4n) is 1.98. The second-order valence-electron chi connectivity index (χ2n) is 5.11. The van der Waals surface area contributed by atoms with Gasteiger partial charge in [-0.1, -0.05) is 17.3 Å².